The summed E-state index contributed by atoms with van der Waals surface area (Å²) >= 11 is 6.32. The van der Waals surface area contributed by atoms with Gasteiger partial charge in [-0.25, -0.2) is 0 Å². The molecule has 1 N–H and O–H groups in total. The number of piperidine rings is 2. The van der Waals surface area contributed by atoms with Gasteiger partial charge < -0.3 is 19.8 Å². The fraction of sp³-hybridized carbons (Fsp3) is 0.517. The first-order chi connectivity index (χ1) is 17.4. The van der Waals surface area contributed by atoms with E-state index in [1.54, 1.807) is 0 Å². The number of anilines is 2. The van der Waals surface area contributed by atoms with Crippen LogP contribution in [0.3, 0.4) is 0 Å². The predicted molar refractivity (Wildman–Crippen MR) is 144 cm³/mol. The summed E-state index contributed by atoms with van der Waals surface area (Å²) in [5.41, 5.74) is 3.85. The number of rotatable bonds is 4. The minimum absolute atomic E-state index is 0.0958. The summed E-state index contributed by atoms with van der Waals surface area (Å²) < 4.78 is 0. The number of benzene rings is 2. The summed E-state index contributed by atoms with van der Waals surface area (Å²) in [5, 5.41) is 19.0. The zero-order valence-corrected chi connectivity index (χ0v) is 21.8. The van der Waals surface area contributed by atoms with Crippen LogP contribution in [0, 0.1) is 22.7 Å². The predicted octanol–water partition coefficient (Wildman–Crippen LogP) is 4.94. The fourth-order valence-corrected chi connectivity index (χ4v) is 6.57. The Bertz CT molecular complexity index is 1130. The molecule has 0 bridgehead atoms. The van der Waals surface area contributed by atoms with Crippen molar-refractivity contribution in [2.75, 3.05) is 49.1 Å². The van der Waals surface area contributed by atoms with E-state index in [4.69, 9.17) is 11.6 Å². The molecular weight excluding hydrogens is 472 g/mol. The lowest BCUT2D eigenvalue weighted by atomic mass is 9.76. The summed E-state index contributed by atoms with van der Waals surface area (Å²) in [4.78, 5) is 19.7. The second-order valence-electron chi connectivity index (χ2n) is 10.9. The number of carbonyl (C=O) groups excluding carboxylic acids is 1. The van der Waals surface area contributed by atoms with Crippen molar-refractivity contribution < 1.29 is 9.90 Å². The Kier molecular flexibility index (Phi) is 7.14. The van der Waals surface area contributed by atoms with Crippen molar-refractivity contribution in [1.82, 2.24) is 4.90 Å². The van der Waals surface area contributed by atoms with E-state index in [0.717, 1.165) is 69.7 Å². The van der Waals surface area contributed by atoms with Crippen molar-refractivity contribution in [3.05, 3.63) is 58.6 Å². The van der Waals surface area contributed by atoms with Crippen LogP contribution in [0.5, 0.6) is 0 Å². The fourth-order valence-electron chi connectivity index (χ4n) is 6.36. The van der Waals surface area contributed by atoms with E-state index in [0.29, 0.717) is 28.0 Å². The van der Waals surface area contributed by atoms with E-state index in [-0.39, 0.29) is 12.5 Å². The molecule has 2 aromatic rings. The minimum atomic E-state index is 0.0958. The molecule has 3 aliphatic rings. The zero-order chi connectivity index (χ0) is 25.3. The Balaban J connectivity index is 1.18. The highest BCUT2D eigenvalue weighted by atomic mass is 35.5. The van der Waals surface area contributed by atoms with Gasteiger partial charge in [0.15, 0.2) is 0 Å². The van der Waals surface area contributed by atoms with Gasteiger partial charge in [0.05, 0.1) is 10.6 Å². The lowest BCUT2D eigenvalue weighted by Crippen LogP contribution is -2.41. The number of aliphatic hydroxyl groups excluding tert-OH is 1. The molecule has 190 valence electrons. The van der Waals surface area contributed by atoms with E-state index < -0.39 is 0 Å². The Hall–Kier alpha value is -2.75. The summed E-state index contributed by atoms with van der Waals surface area (Å²) in [6.45, 7) is 7.00. The molecule has 1 spiro atoms. The standard InChI is InChI=1S/C29H35ClN4O2/c1-21-17-29(20-34(21)26-7-4-24(18-31)27(30)16-26)10-14-32(15-11-29)25-5-2-23(3-6-25)28(36)33-12-8-22(19-35)9-13-33/h2-7,16,21-22,35H,8-15,17,19-20H2,1H3. The number of carbonyl (C=O) groups is 1. The number of likely N-dealkylation sites (tertiary alicyclic amines) is 1. The van der Waals surface area contributed by atoms with E-state index in [9.17, 15) is 15.2 Å². The number of halogens is 1. The van der Waals surface area contributed by atoms with Crippen molar-refractivity contribution in [2.45, 2.75) is 45.1 Å². The second kappa shape index (κ2) is 10.3. The smallest absolute Gasteiger partial charge is 0.253 e. The van der Waals surface area contributed by atoms with Gasteiger partial charge in [-0.2, -0.15) is 5.26 Å². The minimum Gasteiger partial charge on any atom is -0.396 e. The summed E-state index contributed by atoms with van der Waals surface area (Å²) in [5.74, 6) is 0.425. The maximum absolute atomic E-state index is 12.9. The number of hydrogen-bond donors (Lipinski definition) is 1. The molecule has 0 aliphatic carbocycles. The molecule has 3 heterocycles. The summed E-state index contributed by atoms with van der Waals surface area (Å²) in [7, 11) is 0. The number of amides is 1. The van der Waals surface area contributed by atoms with Crippen LogP contribution in [-0.2, 0) is 0 Å². The van der Waals surface area contributed by atoms with E-state index in [1.165, 1.54) is 12.1 Å². The Morgan fingerprint density at radius 3 is 2.36 bits per heavy atom. The van der Waals surface area contributed by atoms with E-state index in [1.807, 2.05) is 35.2 Å². The Labute approximate surface area is 219 Å². The lowest BCUT2D eigenvalue weighted by molar-refractivity contribution is 0.0651. The van der Waals surface area contributed by atoms with Gasteiger partial charge in [-0.3, -0.25) is 4.79 Å². The first kappa shape index (κ1) is 24.9. The van der Waals surface area contributed by atoms with Crippen molar-refractivity contribution in [1.29, 1.82) is 5.26 Å². The molecule has 3 saturated heterocycles. The summed E-state index contributed by atoms with van der Waals surface area (Å²) in [6, 6.07) is 16.5. The average molecular weight is 507 g/mol. The topological polar surface area (TPSA) is 70.8 Å². The van der Waals surface area contributed by atoms with Gasteiger partial charge in [0.2, 0.25) is 0 Å². The second-order valence-corrected chi connectivity index (χ2v) is 11.3. The Morgan fingerprint density at radius 2 is 1.75 bits per heavy atom. The summed E-state index contributed by atoms with van der Waals surface area (Å²) in [6.07, 6.45) is 5.20. The van der Waals surface area contributed by atoms with E-state index >= 15 is 0 Å². The highest BCUT2D eigenvalue weighted by molar-refractivity contribution is 6.32. The molecule has 1 unspecified atom stereocenters. The molecule has 0 radical (unpaired) electrons. The van der Waals surface area contributed by atoms with Gasteiger partial charge in [0.25, 0.3) is 5.91 Å². The number of nitrogens with zero attached hydrogens (tertiary/aromatic N) is 4. The van der Waals surface area contributed by atoms with Crippen LogP contribution >= 0.6 is 11.6 Å². The van der Waals surface area contributed by atoms with Gasteiger partial charge >= 0.3 is 0 Å². The normalized spacial score (nSPS) is 22.2. The van der Waals surface area contributed by atoms with Crippen LogP contribution in [0.1, 0.15) is 54.9 Å². The zero-order valence-electron chi connectivity index (χ0n) is 21.0. The van der Waals surface area contributed by atoms with Gasteiger partial charge in [-0.05, 0) is 92.8 Å². The highest BCUT2D eigenvalue weighted by Crippen LogP contribution is 2.46. The molecule has 36 heavy (non-hydrogen) atoms. The lowest BCUT2D eigenvalue weighted by Gasteiger charge is -2.40. The van der Waals surface area contributed by atoms with Crippen LogP contribution in [-0.4, -0.2) is 61.3 Å². The molecule has 1 atom stereocenters. The molecule has 7 heteroatoms. The molecule has 5 rings (SSSR count). The number of hydrogen-bond acceptors (Lipinski definition) is 5. The third-order valence-corrected chi connectivity index (χ3v) is 8.95. The molecule has 1 amide bonds. The maximum Gasteiger partial charge on any atom is 0.253 e. The van der Waals surface area contributed by atoms with Crippen LogP contribution in [0.15, 0.2) is 42.5 Å². The van der Waals surface area contributed by atoms with Gasteiger partial charge in [-0.1, -0.05) is 11.6 Å². The largest absolute Gasteiger partial charge is 0.396 e. The van der Waals surface area contributed by atoms with Crippen LogP contribution in [0.4, 0.5) is 11.4 Å². The SMILES string of the molecule is CC1CC2(CCN(c3ccc(C(=O)N4CCC(CO)CC4)cc3)CC2)CN1c1ccc(C#N)c(Cl)c1. The van der Waals surface area contributed by atoms with Gasteiger partial charge in [-0.15, -0.1) is 0 Å². The molecule has 0 aromatic heterocycles. The molecule has 3 aliphatic heterocycles. The first-order valence-corrected chi connectivity index (χ1v) is 13.5. The molecule has 2 aromatic carbocycles. The highest BCUT2D eigenvalue weighted by Gasteiger charge is 2.44. The number of aliphatic hydroxyl groups is 1. The third kappa shape index (κ3) is 4.92. The van der Waals surface area contributed by atoms with Crippen molar-refractivity contribution in [3.63, 3.8) is 0 Å². The third-order valence-electron chi connectivity index (χ3n) is 8.63. The Morgan fingerprint density at radius 1 is 1.08 bits per heavy atom. The molecule has 0 saturated carbocycles. The van der Waals surface area contributed by atoms with Crippen LogP contribution in [0.25, 0.3) is 0 Å². The monoisotopic (exact) mass is 506 g/mol. The van der Waals surface area contributed by atoms with Crippen molar-refractivity contribution in [2.24, 2.45) is 11.3 Å². The van der Waals surface area contributed by atoms with E-state index in [2.05, 4.69) is 34.9 Å². The van der Waals surface area contributed by atoms with Crippen LogP contribution < -0.4 is 9.80 Å². The van der Waals surface area contributed by atoms with Gasteiger partial charge in [0.1, 0.15) is 6.07 Å². The molecule has 3 fully saturated rings. The average Bonchev–Trinajstić information content (AvgIpc) is 3.24. The quantitative estimate of drug-likeness (QED) is 0.636. The maximum atomic E-state index is 12.9. The van der Waals surface area contributed by atoms with Gasteiger partial charge in [0, 0.05) is 62.3 Å². The van der Waals surface area contributed by atoms with Crippen molar-refractivity contribution >= 4 is 28.9 Å². The molecule has 6 nitrogen and oxygen atoms in total. The number of nitriles is 1. The van der Waals surface area contributed by atoms with Crippen molar-refractivity contribution in [3.8, 4) is 6.07 Å². The first-order valence-electron chi connectivity index (χ1n) is 13.1. The molecular formula is C29H35ClN4O2. The van der Waals surface area contributed by atoms with Crippen LogP contribution in [0.2, 0.25) is 5.02 Å².